The first-order chi connectivity index (χ1) is 9.50. The lowest BCUT2D eigenvalue weighted by Crippen LogP contribution is -2.36. The van der Waals surface area contributed by atoms with Crippen LogP contribution in [0.1, 0.15) is 25.8 Å². The van der Waals surface area contributed by atoms with Gasteiger partial charge in [0.1, 0.15) is 11.9 Å². The Bertz CT molecular complexity index is 448. The maximum atomic E-state index is 5.95. The second-order valence-corrected chi connectivity index (χ2v) is 7.15. The van der Waals surface area contributed by atoms with E-state index >= 15 is 0 Å². The molecule has 2 rings (SSSR count). The van der Waals surface area contributed by atoms with Crippen molar-refractivity contribution in [1.82, 2.24) is 5.32 Å². The summed E-state index contributed by atoms with van der Waals surface area (Å²) in [5.41, 5.74) is 1.55. The number of methoxy groups -OCH3 is 1. The van der Waals surface area contributed by atoms with E-state index in [1.54, 1.807) is 7.11 Å². The van der Waals surface area contributed by atoms with Crippen molar-refractivity contribution >= 4 is 15.9 Å². The molecule has 0 spiro atoms. The highest BCUT2D eigenvalue weighted by atomic mass is 79.9. The smallest absolute Gasteiger partial charge is 0.123 e. The lowest BCUT2D eigenvalue weighted by atomic mass is 9.89. The number of halogens is 1. The van der Waals surface area contributed by atoms with Crippen LogP contribution in [-0.4, -0.2) is 32.9 Å². The van der Waals surface area contributed by atoms with Crippen LogP contribution >= 0.6 is 15.9 Å². The third kappa shape index (κ3) is 4.47. The molecule has 1 aliphatic heterocycles. The average molecular weight is 342 g/mol. The van der Waals surface area contributed by atoms with Crippen molar-refractivity contribution in [2.45, 2.75) is 32.8 Å². The number of nitrogens with one attached hydrogen (secondary N) is 1. The lowest BCUT2D eigenvalue weighted by molar-refractivity contribution is 0.147. The summed E-state index contributed by atoms with van der Waals surface area (Å²) in [5, 5.41) is 3.53. The van der Waals surface area contributed by atoms with Crippen molar-refractivity contribution in [3.63, 3.8) is 0 Å². The number of ether oxygens (including phenoxy) is 2. The molecule has 1 heterocycles. The summed E-state index contributed by atoms with van der Waals surface area (Å²) in [6.07, 6.45) is 2.30. The molecule has 0 bridgehead atoms. The van der Waals surface area contributed by atoms with Gasteiger partial charge < -0.3 is 14.8 Å². The Labute approximate surface area is 130 Å². The summed E-state index contributed by atoms with van der Waals surface area (Å²) in [5.74, 6) is 1.03. The zero-order chi connectivity index (χ0) is 14.6. The van der Waals surface area contributed by atoms with Gasteiger partial charge in [0.05, 0.1) is 0 Å². The van der Waals surface area contributed by atoms with E-state index in [0.717, 1.165) is 42.8 Å². The summed E-state index contributed by atoms with van der Waals surface area (Å²) >= 11 is 3.50. The Hall–Kier alpha value is -0.580. The Morgan fingerprint density at radius 1 is 1.45 bits per heavy atom. The molecule has 1 N–H and O–H groups in total. The minimum absolute atomic E-state index is 0.248. The van der Waals surface area contributed by atoms with E-state index in [9.17, 15) is 0 Å². The molecule has 0 aromatic heterocycles. The van der Waals surface area contributed by atoms with Gasteiger partial charge in [0.15, 0.2) is 0 Å². The van der Waals surface area contributed by atoms with Crippen molar-refractivity contribution in [2.75, 3.05) is 26.8 Å². The van der Waals surface area contributed by atoms with Gasteiger partial charge in [0.2, 0.25) is 0 Å². The molecule has 1 unspecified atom stereocenters. The average Bonchev–Trinajstić information content (AvgIpc) is 2.78. The van der Waals surface area contributed by atoms with Crippen molar-refractivity contribution in [2.24, 2.45) is 5.41 Å². The second-order valence-electron chi connectivity index (χ2n) is 6.23. The molecule has 0 saturated heterocycles. The molecule has 1 aliphatic rings. The highest BCUT2D eigenvalue weighted by Gasteiger charge is 2.24. The van der Waals surface area contributed by atoms with E-state index in [1.807, 2.05) is 12.1 Å². The fourth-order valence-electron chi connectivity index (χ4n) is 2.44. The second kappa shape index (κ2) is 6.92. The predicted molar refractivity (Wildman–Crippen MR) is 85.4 cm³/mol. The number of hydrogen-bond donors (Lipinski definition) is 1. The van der Waals surface area contributed by atoms with Crippen molar-refractivity contribution < 1.29 is 9.47 Å². The van der Waals surface area contributed by atoms with Crippen LogP contribution in [0, 0.1) is 5.41 Å². The van der Waals surface area contributed by atoms with Gasteiger partial charge in [-0.1, -0.05) is 29.8 Å². The van der Waals surface area contributed by atoms with Crippen LogP contribution < -0.4 is 10.1 Å². The van der Waals surface area contributed by atoms with Gasteiger partial charge in [-0.25, -0.2) is 0 Å². The van der Waals surface area contributed by atoms with Crippen LogP contribution in [0.4, 0.5) is 0 Å². The molecule has 3 nitrogen and oxygen atoms in total. The van der Waals surface area contributed by atoms with Crippen molar-refractivity contribution in [1.29, 1.82) is 0 Å². The van der Waals surface area contributed by atoms with Crippen LogP contribution in [0.3, 0.4) is 0 Å². The van der Waals surface area contributed by atoms with Crippen molar-refractivity contribution in [3.8, 4) is 5.75 Å². The van der Waals surface area contributed by atoms with E-state index < -0.39 is 0 Å². The first kappa shape index (κ1) is 15.8. The molecule has 0 saturated carbocycles. The monoisotopic (exact) mass is 341 g/mol. The van der Waals surface area contributed by atoms with Gasteiger partial charge in [-0.05, 0) is 35.6 Å². The highest BCUT2D eigenvalue weighted by molar-refractivity contribution is 9.10. The number of benzene rings is 1. The summed E-state index contributed by atoms with van der Waals surface area (Å²) in [7, 11) is 1.76. The Kier molecular flexibility index (Phi) is 5.47. The van der Waals surface area contributed by atoms with Crippen LogP contribution in [-0.2, 0) is 11.2 Å². The van der Waals surface area contributed by atoms with Gasteiger partial charge in [0.25, 0.3) is 0 Å². The third-order valence-corrected chi connectivity index (χ3v) is 4.22. The highest BCUT2D eigenvalue weighted by Crippen LogP contribution is 2.31. The minimum Gasteiger partial charge on any atom is -0.488 e. The normalized spacial score (nSPS) is 17.9. The van der Waals surface area contributed by atoms with Crippen LogP contribution in [0.5, 0.6) is 5.75 Å². The van der Waals surface area contributed by atoms with E-state index in [4.69, 9.17) is 9.47 Å². The minimum atomic E-state index is 0.248. The number of fused-ring (bicyclic) bond motifs is 1. The molecule has 20 heavy (non-hydrogen) atoms. The molecular weight excluding hydrogens is 318 g/mol. The lowest BCUT2D eigenvalue weighted by Gasteiger charge is -2.25. The SMILES string of the molecule is COCCC(C)(C)CNCC1Cc2cc(Br)ccc2O1. The summed E-state index contributed by atoms with van der Waals surface area (Å²) in [4.78, 5) is 0. The molecule has 4 heteroatoms. The largest absolute Gasteiger partial charge is 0.488 e. The Balaban J connectivity index is 1.74. The van der Waals surface area contributed by atoms with Gasteiger partial charge >= 0.3 is 0 Å². The van der Waals surface area contributed by atoms with Crippen LogP contribution in [0.2, 0.25) is 0 Å². The van der Waals surface area contributed by atoms with E-state index in [-0.39, 0.29) is 11.5 Å². The maximum absolute atomic E-state index is 5.95. The zero-order valence-electron chi connectivity index (χ0n) is 12.5. The molecule has 112 valence electrons. The fraction of sp³-hybridized carbons (Fsp3) is 0.625. The number of rotatable bonds is 7. The molecule has 1 aromatic carbocycles. The van der Waals surface area contributed by atoms with Crippen LogP contribution in [0.15, 0.2) is 22.7 Å². The third-order valence-electron chi connectivity index (χ3n) is 3.72. The van der Waals surface area contributed by atoms with E-state index in [0.29, 0.717) is 0 Å². The zero-order valence-corrected chi connectivity index (χ0v) is 14.1. The molecule has 1 aromatic rings. The van der Waals surface area contributed by atoms with E-state index in [1.165, 1.54) is 5.56 Å². The van der Waals surface area contributed by atoms with Gasteiger partial charge in [-0.2, -0.15) is 0 Å². The van der Waals surface area contributed by atoms with Crippen LogP contribution in [0.25, 0.3) is 0 Å². The molecule has 1 atom stereocenters. The quantitative estimate of drug-likeness (QED) is 0.824. The molecule has 0 aliphatic carbocycles. The summed E-state index contributed by atoms with van der Waals surface area (Å²) in [6, 6.07) is 6.22. The molecule has 0 radical (unpaired) electrons. The summed E-state index contributed by atoms with van der Waals surface area (Å²) in [6.45, 7) is 7.22. The topological polar surface area (TPSA) is 30.5 Å². The molecule has 0 fully saturated rings. The standard InChI is InChI=1S/C16H24BrNO2/c1-16(2,6-7-19-3)11-18-10-14-9-12-8-13(17)4-5-15(12)20-14/h4-5,8,14,18H,6-7,9-11H2,1-3H3. The van der Waals surface area contributed by atoms with Gasteiger partial charge in [-0.3, -0.25) is 0 Å². The Morgan fingerprint density at radius 2 is 2.25 bits per heavy atom. The van der Waals surface area contributed by atoms with Crippen molar-refractivity contribution in [3.05, 3.63) is 28.2 Å². The van der Waals surface area contributed by atoms with Gasteiger partial charge in [-0.15, -0.1) is 0 Å². The molecule has 0 amide bonds. The summed E-state index contributed by atoms with van der Waals surface area (Å²) < 4.78 is 12.2. The fourth-order valence-corrected chi connectivity index (χ4v) is 2.85. The molecular formula is C16H24BrNO2. The van der Waals surface area contributed by atoms with Gasteiger partial charge in [0, 0.05) is 37.7 Å². The predicted octanol–water partition coefficient (Wildman–Crippen LogP) is 3.40. The Morgan fingerprint density at radius 3 is 3.00 bits per heavy atom. The van der Waals surface area contributed by atoms with E-state index in [2.05, 4.69) is 41.2 Å². The first-order valence-corrected chi connectivity index (χ1v) is 7.94. The maximum Gasteiger partial charge on any atom is 0.123 e. The number of hydrogen-bond acceptors (Lipinski definition) is 3. The first-order valence-electron chi connectivity index (χ1n) is 7.15.